The summed E-state index contributed by atoms with van der Waals surface area (Å²) in [7, 11) is 5.23. The lowest BCUT2D eigenvalue weighted by Crippen LogP contribution is -2.39. The van der Waals surface area contributed by atoms with Crippen molar-refractivity contribution in [3.05, 3.63) is 81.3 Å². The van der Waals surface area contributed by atoms with Crippen molar-refractivity contribution in [2.45, 2.75) is 52.6 Å². The van der Waals surface area contributed by atoms with E-state index in [1.54, 1.807) is 51.2 Å². The Kier molecular flexibility index (Phi) is 9.18. The number of rotatable bonds is 6. The van der Waals surface area contributed by atoms with E-state index in [0.717, 1.165) is 19.3 Å². The van der Waals surface area contributed by atoms with Crippen molar-refractivity contribution >= 4 is 22.5 Å². The summed E-state index contributed by atoms with van der Waals surface area (Å²) in [6.45, 7) is 5.78. The highest BCUT2D eigenvalue weighted by Gasteiger charge is 2.32. The molecule has 37 heavy (non-hydrogen) atoms. The standard InChI is InChI=1S/C27H30F2N4O2.C2H6/c1-16-23(26(34)31-25(17-8-5-9-17)18-10-6-11-19(28)14-18)20-12-7-13-21(29)24(20)27(35)33(16)15-22(30-2)32(3)4;1-2/h6-7,10-14,17,25H,5,8-9,15H2,1-4H3,(H,31,34);1-2H3/t25-;/m0./s1. The fourth-order valence-electron chi connectivity index (χ4n) is 4.76. The minimum absolute atomic E-state index is 0.0919. The van der Waals surface area contributed by atoms with Crippen molar-refractivity contribution in [2.75, 3.05) is 21.1 Å². The Morgan fingerprint density at radius 2 is 1.84 bits per heavy atom. The zero-order valence-corrected chi connectivity index (χ0v) is 22.4. The Morgan fingerprint density at radius 3 is 2.41 bits per heavy atom. The first-order valence-electron chi connectivity index (χ1n) is 12.7. The third-order valence-electron chi connectivity index (χ3n) is 6.93. The fraction of sp³-hybridized carbons (Fsp3) is 0.414. The average Bonchev–Trinajstić information content (AvgIpc) is 2.83. The Bertz CT molecular complexity index is 1360. The third-order valence-corrected chi connectivity index (χ3v) is 6.93. The number of carbonyl (C=O) groups is 1. The van der Waals surface area contributed by atoms with Gasteiger partial charge in [-0.3, -0.25) is 14.6 Å². The van der Waals surface area contributed by atoms with E-state index in [0.29, 0.717) is 17.1 Å². The summed E-state index contributed by atoms with van der Waals surface area (Å²) >= 11 is 0. The number of hydrogen-bond acceptors (Lipinski definition) is 3. The molecule has 0 radical (unpaired) electrons. The van der Waals surface area contributed by atoms with Crippen LogP contribution in [0, 0.1) is 24.5 Å². The summed E-state index contributed by atoms with van der Waals surface area (Å²) in [5, 5.41) is 3.21. The summed E-state index contributed by atoms with van der Waals surface area (Å²) in [5.41, 5.74) is 0.822. The summed E-state index contributed by atoms with van der Waals surface area (Å²) in [5.74, 6) is -0.691. The lowest BCUT2D eigenvalue weighted by atomic mass is 9.77. The van der Waals surface area contributed by atoms with Gasteiger partial charge in [0.15, 0.2) is 0 Å². The lowest BCUT2D eigenvalue weighted by molar-refractivity contribution is 0.0900. The van der Waals surface area contributed by atoms with Crippen LogP contribution in [0.15, 0.2) is 52.3 Å². The summed E-state index contributed by atoms with van der Waals surface area (Å²) < 4.78 is 30.3. The number of hydrogen-bond donors (Lipinski definition) is 1. The molecule has 1 fully saturated rings. The van der Waals surface area contributed by atoms with Crippen molar-refractivity contribution in [3.63, 3.8) is 0 Å². The summed E-state index contributed by atoms with van der Waals surface area (Å²) in [6.07, 6.45) is 2.90. The smallest absolute Gasteiger partial charge is 0.262 e. The molecule has 0 spiro atoms. The first kappa shape index (κ1) is 28.0. The fourth-order valence-corrected chi connectivity index (χ4v) is 4.76. The monoisotopic (exact) mass is 510 g/mol. The summed E-state index contributed by atoms with van der Waals surface area (Å²) in [4.78, 5) is 33.1. The molecular formula is C29H36F2N4O2. The second-order valence-corrected chi connectivity index (χ2v) is 9.25. The first-order valence-corrected chi connectivity index (χ1v) is 12.7. The number of nitrogens with zero attached hydrogens (tertiary/aromatic N) is 3. The number of fused-ring (bicyclic) bond motifs is 1. The molecule has 0 bridgehead atoms. The second-order valence-electron chi connectivity index (χ2n) is 9.25. The normalized spacial score (nSPS) is 14.4. The van der Waals surface area contributed by atoms with E-state index < -0.39 is 17.3 Å². The zero-order valence-electron chi connectivity index (χ0n) is 22.4. The van der Waals surface area contributed by atoms with Gasteiger partial charge in [0.1, 0.15) is 17.5 Å². The number of aromatic nitrogens is 1. The van der Waals surface area contributed by atoms with Crippen LogP contribution in [0.3, 0.4) is 0 Å². The number of nitrogens with one attached hydrogen (secondary N) is 1. The van der Waals surface area contributed by atoms with Crippen LogP contribution in [0.5, 0.6) is 0 Å². The van der Waals surface area contributed by atoms with E-state index in [9.17, 15) is 18.4 Å². The molecule has 1 N–H and O–H groups in total. The second kappa shape index (κ2) is 12.1. The van der Waals surface area contributed by atoms with E-state index >= 15 is 0 Å². The Hall–Kier alpha value is -3.55. The molecule has 1 heterocycles. The van der Waals surface area contributed by atoms with E-state index in [1.165, 1.54) is 28.8 Å². The van der Waals surface area contributed by atoms with Crippen molar-refractivity contribution < 1.29 is 13.6 Å². The van der Waals surface area contributed by atoms with E-state index in [4.69, 9.17) is 0 Å². The van der Waals surface area contributed by atoms with Crippen LogP contribution in [0.25, 0.3) is 10.8 Å². The number of pyridine rings is 1. The SMILES string of the molecule is CC.CN=C(Cn1c(C)c(C(=O)N[C@H](c2cccc(F)c2)C2CCC2)c2cccc(F)c2c1=O)N(C)C. The lowest BCUT2D eigenvalue weighted by Gasteiger charge is -2.35. The highest BCUT2D eigenvalue weighted by Crippen LogP contribution is 2.38. The van der Waals surface area contributed by atoms with Gasteiger partial charge in [0.05, 0.1) is 23.5 Å². The molecule has 1 aliphatic carbocycles. The largest absolute Gasteiger partial charge is 0.365 e. The van der Waals surface area contributed by atoms with Crippen LogP contribution in [-0.4, -0.2) is 42.4 Å². The number of halogens is 2. The molecule has 0 unspecified atom stereocenters. The zero-order chi connectivity index (χ0) is 27.3. The van der Waals surface area contributed by atoms with Crippen LogP contribution in [0.4, 0.5) is 8.78 Å². The van der Waals surface area contributed by atoms with Gasteiger partial charge in [0.25, 0.3) is 11.5 Å². The predicted molar refractivity (Wildman–Crippen MR) is 145 cm³/mol. The molecule has 1 saturated carbocycles. The van der Waals surface area contributed by atoms with Gasteiger partial charge in [0, 0.05) is 32.2 Å². The molecule has 1 atom stereocenters. The molecule has 1 aliphatic rings. The maximum absolute atomic E-state index is 14.9. The van der Waals surface area contributed by atoms with Gasteiger partial charge in [-0.15, -0.1) is 0 Å². The summed E-state index contributed by atoms with van der Waals surface area (Å²) in [6, 6.07) is 10.2. The van der Waals surface area contributed by atoms with Gasteiger partial charge < -0.3 is 14.8 Å². The first-order chi connectivity index (χ1) is 17.7. The minimum atomic E-state index is -0.684. The number of carbonyl (C=O) groups excluding carboxylic acids is 1. The van der Waals surface area contributed by atoms with Gasteiger partial charge in [-0.05, 0) is 49.4 Å². The van der Waals surface area contributed by atoms with Gasteiger partial charge in [0.2, 0.25) is 0 Å². The highest BCUT2D eigenvalue weighted by molar-refractivity contribution is 6.08. The van der Waals surface area contributed by atoms with Gasteiger partial charge in [-0.1, -0.05) is 44.5 Å². The molecule has 6 nitrogen and oxygen atoms in total. The topological polar surface area (TPSA) is 66.7 Å². The molecular weight excluding hydrogens is 474 g/mol. The Labute approximate surface area is 217 Å². The minimum Gasteiger partial charge on any atom is -0.365 e. The van der Waals surface area contributed by atoms with Gasteiger partial charge in [-0.25, -0.2) is 8.78 Å². The van der Waals surface area contributed by atoms with E-state index in [-0.39, 0.29) is 40.7 Å². The van der Waals surface area contributed by atoms with Crippen LogP contribution >= 0.6 is 0 Å². The molecule has 1 aromatic heterocycles. The Balaban J connectivity index is 0.00000186. The number of amides is 1. The maximum atomic E-state index is 14.9. The Morgan fingerprint density at radius 1 is 1.16 bits per heavy atom. The van der Waals surface area contributed by atoms with Gasteiger partial charge >= 0.3 is 0 Å². The molecule has 0 aliphatic heterocycles. The van der Waals surface area contributed by atoms with Crippen LogP contribution in [0.2, 0.25) is 0 Å². The number of aliphatic imine (C=N–C) groups is 1. The van der Waals surface area contributed by atoms with Crippen LogP contribution < -0.4 is 10.9 Å². The van der Waals surface area contributed by atoms with E-state index in [2.05, 4.69) is 10.3 Å². The maximum Gasteiger partial charge on any atom is 0.262 e. The predicted octanol–water partition coefficient (Wildman–Crippen LogP) is 5.48. The highest BCUT2D eigenvalue weighted by atomic mass is 19.1. The molecule has 1 amide bonds. The number of benzene rings is 2. The van der Waals surface area contributed by atoms with Crippen molar-refractivity contribution in [2.24, 2.45) is 10.9 Å². The average molecular weight is 511 g/mol. The van der Waals surface area contributed by atoms with E-state index in [1.807, 2.05) is 13.8 Å². The molecule has 198 valence electrons. The number of likely N-dealkylation sites (N-methyl/N-ethyl adjacent to an activating group) is 1. The van der Waals surface area contributed by atoms with Crippen LogP contribution in [-0.2, 0) is 6.54 Å². The van der Waals surface area contributed by atoms with Crippen LogP contribution in [0.1, 0.15) is 60.8 Å². The van der Waals surface area contributed by atoms with Crippen molar-refractivity contribution in [1.29, 1.82) is 0 Å². The quantitative estimate of drug-likeness (QED) is 0.353. The molecule has 4 rings (SSSR count). The van der Waals surface area contributed by atoms with Crippen molar-refractivity contribution in [3.8, 4) is 0 Å². The van der Waals surface area contributed by atoms with Gasteiger partial charge in [-0.2, -0.15) is 0 Å². The number of amidine groups is 1. The molecule has 3 aromatic rings. The third kappa shape index (κ3) is 5.73. The molecule has 0 saturated heterocycles. The molecule has 2 aromatic carbocycles. The van der Waals surface area contributed by atoms with Crippen molar-refractivity contribution in [1.82, 2.24) is 14.8 Å². The molecule has 8 heteroatoms.